The molecule has 0 saturated heterocycles. The Morgan fingerprint density at radius 2 is 1.24 bits per heavy atom. The first-order valence-electron chi connectivity index (χ1n) is 12.4. The van der Waals surface area contributed by atoms with Crippen LogP contribution in [0.25, 0.3) is 49.9 Å². The summed E-state index contributed by atoms with van der Waals surface area (Å²) in [5.41, 5.74) is 5.15. The van der Waals surface area contributed by atoms with Crippen molar-refractivity contribution in [1.29, 1.82) is 0 Å². The Hall–Kier alpha value is -3.71. The summed E-state index contributed by atoms with van der Waals surface area (Å²) in [4.78, 5) is 5.12. The molecule has 34 heavy (non-hydrogen) atoms. The highest BCUT2D eigenvalue weighted by atomic mass is 14.8. The molecule has 1 aliphatic heterocycles. The molecule has 0 bridgehead atoms. The summed E-state index contributed by atoms with van der Waals surface area (Å²) >= 11 is 0. The van der Waals surface area contributed by atoms with Crippen molar-refractivity contribution in [2.45, 2.75) is 32.7 Å². The van der Waals surface area contributed by atoms with Crippen LogP contribution in [0.15, 0.2) is 102 Å². The molecule has 1 aliphatic rings. The van der Waals surface area contributed by atoms with Gasteiger partial charge in [0.1, 0.15) is 0 Å². The average Bonchev–Trinajstić information content (AvgIpc) is 3.05. The monoisotopic (exact) mass is 439 g/mol. The van der Waals surface area contributed by atoms with E-state index in [4.69, 9.17) is 4.99 Å². The van der Waals surface area contributed by atoms with Crippen LogP contribution in [0.1, 0.15) is 26.7 Å². The highest BCUT2D eigenvalue weighted by Gasteiger charge is 2.18. The van der Waals surface area contributed by atoms with Gasteiger partial charge in [0.15, 0.2) is 0 Å². The maximum absolute atomic E-state index is 5.12. The van der Waals surface area contributed by atoms with Crippen LogP contribution in [-0.2, 0) is 0 Å². The first-order chi connectivity index (χ1) is 16.7. The second-order valence-electron chi connectivity index (χ2n) is 9.50. The number of hydrogen-bond acceptors (Lipinski definition) is 1. The lowest BCUT2D eigenvalue weighted by Gasteiger charge is -2.17. The molecule has 2 unspecified atom stereocenters. The zero-order chi connectivity index (χ0) is 23.1. The van der Waals surface area contributed by atoms with E-state index < -0.39 is 0 Å². The van der Waals surface area contributed by atoms with Gasteiger partial charge < -0.3 is 0 Å². The SMILES string of the molecule is CCC1N=c2ccc(-c3c4ccccc4c(-c4ccccc4)c4ccccc34)cc2=CCC1C. The van der Waals surface area contributed by atoms with Gasteiger partial charge in [0.05, 0.1) is 11.4 Å². The van der Waals surface area contributed by atoms with Crippen molar-refractivity contribution in [3.8, 4) is 22.3 Å². The summed E-state index contributed by atoms with van der Waals surface area (Å²) in [5, 5.41) is 7.59. The summed E-state index contributed by atoms with van der Waals surface area (Å²) < 4.78 is 0. The maximum atomic E-state index is 5.12. The molecule has 5 aromatic rings. The van der Waals surface area contributed by atoms with E-state index >= 15 is 0 Å². The quantitative estimate of drug-likeness (QED) is 0.257. The van der Waals surface area contributed by atoms with E-state index in [1.54, 1.807) is 0 Å². The van der Waals surface area contributed by atoms with E-state index in [2.05, 4.69) is 117 Å². The molecular formula is C33H29N. The van der Waals surface area contributed by atoms with Gasteiger partial charge in [0.25, 0.3) is 0 Å². The Labute approximate surface area is 201 Å². The Kier molecular flexibility index (Phi) is 5.26. The minimum absolute atomic E-state index is 0.398. The van der Waals surface area contributed by atoms with Crippen molar-refractivity contribution in [2.75, 3.05) is 0 Å². The molecule has 0 amide bonds. The van der Waals surface area contributed by atoms with E-state index in [-0.39, 0.29) is 0 Å². The molecule has 6 rings (SSSR count). The number of rotatable bonds is 3. The Bertz CT molecular complexity index is 1570. The van der Waals surface area contributed by atoms with Crippen molar-refractivity contribution in [3.05, 3.63) is 108 Å². The van der Waals surface area contributed by atoms with Gasteiger partial charge in [0, 0.05) is 0 Å². The minimum atomic E-state index is 0.398. The first-order valence-corrected chi connectivity index (χ1v) is 12.4. The van der Waals surface area contributed by atoms with Crippen LogP contribution >= 0.6 is 0 Å². The molecule has 0 spiro atoms. The van der Waals surface area contributed by atoms with Gasteiger partial charge in [-0.2, -0.15) is 0 Å². The normalized spacial score (nSPS) is 17.6. The van der Waals surface area contributed by atoms with Gasteiger partial charge in [0.2, 0.25) is 0 Å². The molecule has 0 radical (unpaired) electrons. The molecule has 1 heterocycles. The Morgan fingerprint density at radius 3 is 1.82 bits per heavy atom. The molecule has 0 aliphatic carbocycles. The van der Waals surface area contributed by atoms with Crippen LogP contribution < -0.4 is 10.6 Å². The first kappa shape index (κ1) is 20.9. The van der Waals surface area contributed by atoms with Crippen molar-refractivity contribution in [1.82, 2.24) is 0 Å². The third-order valence-corrected chi connectivity index (χ3v) is 7.40. The molecule has 0 N–H and O–H groups in total. The number of fused-ring (bicyclic) bond motifs is 3. The van der Waals surface area contributed by atoms with Gasteiger partial charge in [-0.15, -0.1) is 0 Å². The van der Waals surface area contributed by atoms with E-state index in [1.165, 1.54) is 49.0 Å². The van der Waals surface area contributed by atoms with Crippen LogP contribution in [0.3, 0.4) is 0 Å². The Balaban J connectivity index is 1.69. The lowest BCUT2D eigenvalue weighted by Crippen LogP contribution is -2.26. The highest BCUT2D eigenvalue weighted by molar-refractivity contribution is 6.21. The molecule has 1 heteroatoms. The Morgan fingerprint density at radius 1 is 0.676 bits per heavy atom. The van der Waals surface area contributed by atoms with Gasteiger partial charge in [-0.25, -0.2) is 0 Å². The third-order valence-electron chi connectivity index (χ3n) is 7.40. The molecular weight excluding hydrogens is 410 g/mol. The predicted molar refractivity (Wildman–Crippen MR) is 145 cm³/mol. The molecule has 1 nitrogen and oxygen atoms in total. The van der Waals surface area contributed by atoms with Crippen molar-refractivity contribution >= 4 is 27.6 Å². The molecule has 0 fully saturated rings. The largest absolute Gasteiger partial charge is 0.281 e. The van der Waals surface area contributed by atoms with E-state index in [0.717, 1.165) is 18.2 Å². The van der Waals surface area contributed by atoms with Crippen LogP contribution in [0.4, 0.5) is 0 Å². The molecule has 0 aromatic heterocycles. The van der Waals surface area contributed by atoms with Gasteiger partial charge in [-0.1, -0.05) is 105 Å². The lowest BCUT2D eigenvalue weighted by atomic mass is 9.86. The van der Waals surface area contributed by atoms with Crippen LogP contribution in [-0.4, -0.2) is 6.04 Å². The zero-order valence-electron chi connectivity index (χ0n) is 19.8. The van der Waals surface area contributed by atoms with Crippen molar-refractivity contribution in [3.63, 3.8) is 0 Å². The van der Waals surface area contributed by atoms with Crippen molar-refractivity contribution in [2.24, 2.45) is 10.9 Å². The van der Waals surface area contributed by atoms with Crippen LogP contribution in [0.5, 0.6) is 0 Å². The van der Waals surface area contributed by atoms with Crippen LogP contribution in [0, 0.1) is 5.92 Å². The average molecular weight is 440 g/mol. The summed E-state index contributed by atoms with van der Waals surface area (Å²) in [7, 11) is 0. The molecule has 166 valence electrons. The second kappa shape index (κ2) is 8.57. The summed E-state index contributed by atoms with van der Waals surface area (Å²) in [6, 6.07) is 35.8. The van der Waals surface area contributed by atoms with Crippen molar-refractivity contribution < 1.29 is 0 Å². The molecule has 5 aromatic carbocycles. The summed E-state index contributed by atoms with van der Waals surface area (Å²) in [5.74, 6) is 0.577. The number of nitrogens with zero attached hydrogens (tertiary/aromatic N) is 1. The third kappa shape index (κ3) is 3.44. The second-order valence-corrected chi connectivity index (χ2v) is 9.50. The van der Waals surface area contributed by atoms with Gasteiger partial charge in [-0.05, 0) is 79.9 Å². The fourth-order valence-electron chi connectivity index (χ4n) is 5.62. The minimum Gasteiger partial charge on any atom is -0.281 e. The fraction of sp³-hybridized carbons (Fsp3) is 0.182. The van der Waals surface area contributed by atoms with E-state index in [0.29, 0.717) is 12.0 Å². The zero-order valence-corrected chi connectivity index (χ0v) is 19.8. The fourth-order valence-corrected chi connectivity index (χ4v) is 5.62. The van der Waals surface area contributed by atoms with Gasteiger partial charge >= 0.3 is 0 Å². The smallest absolute Gasteiger partial charge is 0.0647 e. The van der Waals surface area contributed by atoms with E-state index in [9.17, 15) is 0 Å². The summed E-state index contributed by atoms with van der Waals surface area (Å²) in [6.07, 6.45) is 4.56. The summed E-state index contributed by atoms with van der Waals surface area (Å²) in [6.45, 7) is 4.57. The van der Waals surface area contributed by atoms with Crippen LogP contribution in [0.2, 0.25) is 0 Å². The molecule has 0 saturated carbocycles. The number of hydrogen-bond donors (Lipinski definition) is 0. The van der Waals surface area contributed by atoms with Gasteiger partial charge in [-0.3, -0.25) is 4.99 Å². The standard InChI is InChI=1S/C33H29N/c1-3-30-22(2)17-18-24-21-25(19-20-31(24)34-30)33-28-15-9-7-13-26(28)32(23-11-5-4-6-12-23)27-14-8-10-16-29(27)33/h4-16,18-22,30H,3,17H2,1-2H3. The highest BCUT2D eigenvalue weighted by Crippen LogP contribution is 2.43. The maximum Gasteiger partial charge on any atom is 0.0647 e. The topological polar surface area (TPSA) is 12.4 Å². The predicted octanol–water partition coefficient (Wildman–Crippen LogP) is 7.55. The number of benzene rings is 5. The van der Waals surface area contributed by atoms with E-state index in [1.807, 2.05) is 0 Å². The molecule has 2 atom stereocenters. The lowest BCUT2D eigenvalue weighted by molar-refractivity contribution is 0.454.